The number of fused-ring (bicyclic) bond motifs is 1. The quantitative estimate of drug-likeness (QED) is 0.686. The van der Waals surface area contributed by atoms with Gasteiger partial charge >= 0.3 is 0 Å². The summed E-state index contributed by atoms with van der Waals surface area (Å²) in [5, 5.41) is 10.9. The van der Waals surface area contributed by atoms with Crippen LogP contribution >= 0.6 is 22.9 Å². The molecule has 152 valence electrons. The van der Waals surface area contributed by atoms with Gasteiger partial charge in [-0.2, -0.15) is 0 Å². The third kappa shape index (κ3) is 3.20. The average molecular weight is 451 g/mol. The molecule has 29 heavy (non-hydrogen) atoms. The van der Waals surface area contributed by atoms with Gasteiger partial charge in [0.2, 0.25) is 16.0 Å². The third-order valence-electron chi connectivity index (χ3n) is 5.24. The van der Waals surface area contributed by atoms with Gasteiger partial charge in [0.25, 0.3) is 0 Å². The molecule has 0 aromatic carbocycles. The van der Waals surface area contributed by atoms with Crippen molar-refractivity contribution in [2.75, 3.05) is 20.3 Å². The van der Waals surface area contributed by atoms with Gasteiger partial charge < -0.3 is 10.1 Å². The Kier molecular flexibility index (Phi) is 5.07. The topological polar surface area (TPSA) is 95.4 Å². The summed E-state index contributed by atoms with van der Waals surface area (Å²) in [5.74, 6) is 5.67. The highest BCUT2D eigenvalue weighted by Gasteiger charge is 2.57. The van der Waals surface area contributed by atoms with Crippen molar-refractivity contribution < 1.29 is 13.2 Å². The molecule has 0 spiro atoms. The summed E-state index contributed by atoms with van der Waals surface area (Å²) in [6.45, 7) is 2.18. The van der Waals surface area contributed by atoms with Crippen LogP contribution in [0.1, 0.15) is 23.8 Å². The minimum absolute atomic E-state index is 0.0413. The molecule has 0 radical (unpaired) electrons. The zero-order valence-electron chi connectivity index (χ0n) is 15.8. The number of aromatic nitrogens is 1. The molecule has 0 amide bonds. The number of guanidine groups is 1. The Bertz CT molecular complexity index is 1150. The molecule has 1 unspecified atom stereocenters. The first kappa shape index (κ1) is 20.2. The van der Waals surface area contributed by atoms with E-state index in [1.54, 1.807) is 19.3 Å². The van der Waals surface area contributed by atoms with Gasteiger partial charge in [0.15, 0.2) is 0 Å². The lowest BCUT2D eigenvalue weighted by Gasteiger charge is -2.49. The van der Waals surface area contributed by atoms with Crippen LogP contribution < -0.4 is 5.32 Å². The Hall–Kier alpha value is -2.12. The van der Waals surface area contributed by atoms with E-state index in [0.717, 1.165) is 20.3 Å². The number of pyridine rings is 1. The predicted octanol–water partition coefficient (Wildman–Crippen LogP) is 2.62. The molecule has 2 N–H and O–H groups in total. The van der Waals surface area contributed by atoms with Crippen molar-refractivity contribution in [3.8, 4) is 22.3 Å². The molecule has 4 rings (SSSR count). The highest BCUT2D eigenvalue weighted by molar-refractivity contribution is 7.90. The lowest BCUT2D eigenvalue weighted by Crippen LogP contribution is -2.69. The number of hydrogen-bond acceptors (Lipinski definition) is 6. The Morgan fingerprint density at radius 1 is 1.45 bits per heavy atom. The number of rotatable bonds is 2. The molecular formula is C19H19ClN4O3S2. The van der Waals surface area contributed by atoms with E-state index >= 15 is 0 Å². The molecule has 0 bridgehead atoms. The lowest BCUT2D eigenvalue weighted by atomic mass is 9.87. The van der Waals surface area contributed by atoms with Gasteiger partial charge in [-0.25, -0.2) is 12.7 Å². The van der Waals surface area contributed by atoms with E-state index in [-0.39, 0.29) is 12.6 Å². The van der Waals surface area contributed by atoms with E-state index in [2.05, 4.69) is 22.1 Å². The fourth-order valence-electron chi connectivity index (χ4n) is 3.74. The number of thiophene rings is 1. The molecular weight excluding hydrogens is 432 g/mol. The summed E-state index contributed by atoms with van der Waals surface area (Å²) in [7, 11) is -2.39. The van der Waals surface area contributed by atoms with Crippen LogP contribution in [-0.2, 0) is 20.3 Å². The van der Waals surface area contributed by atoms with Gasteiger partial charge in [-0.15, -0.1) is 17.3 Å². The third-order valence-corrected chi connectivity index (χ3v) is 9.22. The summed E-state index contributed by atoms with van der Waals surface area (Å²) in [4.78, 5) is 5.80. The highest BCUT2D eigenvalue weighted by Crippen LogP contribution is 2.48. The molecule has 2 aromatic rings. The van der Waals surface area contributed by atoms with Crippen LogP contribution in [0.3, 0.4) is 0 Å². The zero-order valence-corrected chi connectivity index (χ0v) is 18.2. The van der Waals surface area contributed by atoms with Gasteiger partial charge in [-0.3, -0.25) is 10.4 Å². The average Bonchev–Trinajstić information content (AvgIpc) is 3.09. The molecule has 2 saturated heterocycles. The van der Waals surface area contributed by atoms with Gasteiger partial charge in [0.1, 0.15) is 5.25 Å². The fraction of sp³-hybridized carbons (Fsp3) is 0.368. The Labute approximate surface area is 178 Å². The van der Waals surface area contributed by atoms with Crippen LogP contribution in [-0.4, -0.2) is 49.2 Å². The number of ether oxygens (including phenoxy) is 1. The van der Waals surface area contributed by atoms with Crippen molar-refractivity contribution in [1.29, 1.82) is 5.41 Å². The van der Waals surface area contributed by atoms with Crippen molar-refractivity contribution in [3.05, 3.63) is 40.0 Å². The molecule has 10 heteroatoms. The number of hydrogen-bond donors (Lipinski definition) is 2. The Morgan fingerprint density at radius 2 is 2.24 bits per heavy atom. The van der Waals surface area contributed by atoms with Crippen molar-refractivity contribution in [2.24, 2.45) is 0 Å². The van der Waals surface area contributed by atoms with Crippen LogP contribution in [0.5, 0.6) is 0 Å². The molecule has 0 aliphatic carbocycles. The smallest absolute Gasteiger partial charge is 0.245 e. The van der Waals surface area contributed by atoms with Crippen molar-refractivity contribution in [3.63, 3.8) is 0 Å². The van der Waals surface area contributed by atoms with E-state index in [0.29, 0.717) is 22.9 Å². The molecule has 2 atom stereocenters. The number of sulfonamides is 1. The van der Waals surface area contributed by atoms with Crippen LogP contribution in [0.25, 0.3) is 10.4 Å². The van der Waals surface area contributed by atoms with Crippen molar-refractivity contribution >= 4 is 38.9 Å². The first-order valence-electron chi connectivity index (χ1n) is 8.90. The number of halogens is 1. The minimum Gasteiger partial charge on any atom is -0.380 e. The second kappa shape index (κ2) is 7.29. The van der Waals surface area contributed by atoms with Crippen LogP contribution in [0.2, 0.25) is 5.02 Å². The van der Waals surface area contributed by atoms with E-state index in [4.69, 9.17) is 21.7 Å². The number of nitrogens with zero attached hydrogens (tertiary/aromatic N) is 2. The summed E-state index contributed by atoms with van der Waals surface area (Å²) >= 11 is 8.03. The van der Waals surface area contributed by atoms with E-state index in [1.165, 1.54) is 18.4 Å². The second-order valence-electron chi connectivity index (χ2n) is 6.90. The van der Waals surface area contributed by atoms with Crippen LogP contribution in [0.15, 0.2) is 24.5 Å². The Morgan fingerprint density at radius 3 is 3.00 bits per heavy atom. The van der Waals surface area contributed by atoms with Gasteiger partial charge in [-0.1, -0.05) is 17.5 Å². The predicted molar refractivity (Wildman–Crippen MR) is 114 cm³/mol. The molecule has 0 saturated carbocycles. The van der Waals surface area contributed by atoms with E-state index in [9.17, 15) is 8.42 Å². The molecule has 2 aliphatic heterocycles. The summed E-state index contributed by atoms with van der Waals surface area (Å²) in [6, 6.07) is 3.74. The number of nitrogens with one attached hydrogen (secondary N) is 2. The standard InChI is InChI=1S/C19H19ClN4O3S2/c1-3-4-12-7-13(10-22-9-12)15-8-14(20)17(28-15)19-5-6-27-11-16(19)29(25,26)24(2)18(21)23-19/h7-10,16H,5-6,11H2,1-2H3,(H2,21,23)/t16?,19-/m0/s1. The maximum Gasteiger partial charge on any atom is 0.245 e. The maximum atomic E-state index is 13.0. The van der Waals surface area contributed by atoms with Gasteiger partial charge in [0.05, 0.1) is 22.0 Å². The Balaban J connectivity index is 1.84. The van der Waals surface area contributed by atoms with Gasteiger partial charge in [0, 0.05) is 48.5 Å². The monoisotopic (exact) mass is 450 g/mol. The SMILES string of the molecule is CC#Cc1cncc(-c2cc(Cl)c([C@]34CCOCC3S(=O)(=O)N(C)C(=N)N4)s2)c1. The molecule has 2 aromatic heterocycles. The lowest BCUT2D eigenvalue weighted by molar-refractivity contribution is 0.0442. The molecule has 2 fully saturated rings. The maximum absolute atomic E-state index is 13.0. The van der Waals surface area contributed by atoms with Gasteiger partial charge in [-0.05, 0) is 19.1 Å². The summed E-state index contributed by atoms with van der Waals surface area (Å²) in [6.07, 6.45) is 3.81. The minimum atomic E-state index is -3.77. The normalized spacial score (nSPS) is 25.6. The zero-order chi connectivity index (χ0) is 20.8. The van der Waals surface area contributed by atoms with Crippen molar-refractivity contribution in [1.82, 2.24) is 14.6 Å². The second-order valence-corrected chi connectivity index (χ2v) is 10.5. The van der Waals surface area contributed by atoms with Crippen LogP contribution in [0, 0.1) is 17.3 Å². The van der Waals surface area contributed by atoms with E-state index in [1.807, 2.05) is 12.1 Å². The van der Waals surface area contributed by atoms with E-state index < -0.39 is 20.8 Å². The molecule has 2 aliphatic rings. The molecule has 4 heterocycles. The van der Waals surface area contributed by atoms with Crippen LogP contribution in [0.4, 0.5) is 0 Å². The first-order chi connectivity index (χ1) is 13.8. The summed E-state index contributed by atoms with van der Waals surface area (Å²) < 4.78 is 32.5. The fourth-order valence-corrected chi connectivity index (χ4v) is 7.28. The highest BCUT2D eigenvalue weighted by atomic mass is 35.5. The largest absolute Gasteiger partial charge is 0.380 e. The first-order valence-corrected chi connectivity index (χ1v) is 11.6. The molecule has 7 nitrogen and oxygen atoms in total. The van der Waals surface area contributed by atoms with Crippen molar-refractivity contribution in [2.45, 2.75) is 24.1 Å². The summed E-state index contributed by atoms with van der Waals surface area (Å²) in [5.41, 5.74) is 0.642.